The van der Waals surface area contributed by atoms with E-state index < -0.39 is 24.4 Å². The second-order valence-electron chi connectivity index (χ2n) is 5.73. The third-order valence-corrected chi connectivity index (χ3v) is 5.03. The van der Waals surface area contributed by atoms with Crippen molar-refractivity contribution in [3.8, 4) is 5.75 Å². The first-order valence-electron chi connectivity index (χ1n) is 8.32. The van der Waals surface area contributed by atoms with Crippen LogP contribution in [0.3, 0.4) is 0 Å². The number of carbonyl (C=O) groups excluding carboxylic acids is 3. The quantitative estimate of drug-likeness (QED) is 0.511. The molecule has 2 aromatic carbocycles. The average Bonchev–Trinajstić information content (AvgIpc) is 2.68. The fourth-order valence-electron chi connectivity index (χ4n) is 2.20. The van der Waals surface area contributed by atoms with Crippen LogP contribution in [-0.4, -0.2) is 31.5 Å². The van der Waals surface area contributed by atoms with Gasteiger partial charge in [-0.15, -0.1) is 0 Å². The zero-order chi connectivity index (χ0) is 21.4. The van der Waals surface area contributed by atoms with Crippen molar-refractivity contribution in [2.45, 2.75) is 12.8 Å². The molecule has 0 unspecified atom stereocenters. The summed E-state index contributed by atoms with van der Waals surface area (Å²) in [6.07, 6.45) is -0.315. The molecule has 0 saturated carbocycles. The number of esters is 1. The number of hydrogen-bond acceptors (Lipinski definition) is 5. The monoisotopic (exact) mass is 502 g/mol. The molecule has 0 saturated heterocycles. The maximum Gasteiger partial charge on any atom is 0.306 e. The first-order valence-corrected chi connectivity index (χ1v) is 9.87. The van der Waals surface area contributed by atoms with E-state index in [1.165, 1.54) is 13.2 Å². The third-order valence-electron chi connectivity index (χ3n) is 3.56. The Balaban J connectivity index is 1.75. The fourth-order valence-corrected chi connectivity index (χ4v) is 2.79. The molecule has 0 radical (unpaired) electrons. The van der Waals surface area contributed by atoms with E-state index in [-0.39, 0.29) is 12.8 Å². The molecule has 10 heteroatoms. The summed E-state index contributed by atoms with van der Waals surface area (Å²) in [7, 11) is 1.46. The Morgan fingerprint density at radius 1 is 1.00 bits per heavy atom. The summed E-state index contributed by atoms with van der Waals surface area (Å²) in [5.41, 5.74) is 0.861. The zero-order valence-electron chi connectivity index (χ0n) is 15.3. The molecule has 7 nitrogen and oxygen atoms in total. The first-order chi connectivity index (χ1) is 13.8. The number of methoxy groups -OCH3 is 1. The predicted octanol–water partition coefficient (Wildman–Crippen LogP) is 4.67. The van der Waals surface area contributed by atoms with E-state index in [0.29, 0.717) is 31.6 Å². The van der Waals surface area contributed by atoms with E-state index in [9.17, 15) is 14.4 Å². The molecule has 0 aliphatic rings. The van der Waals surface area contributed by atoms with Crippen molar-refractivity contribution in [3.05, 3.63) is 50.9 Å². The minimum Gasteiger partial charge on any atom is -0.495 e. The number of anilines is 2. The molecule has 2 amide bonds. The highest BCUT2D eigenvalue weighted by molar-refractivity contribution is 9.10. The van der Waals surface area contributed by atoms with Crippen LogP contribution in [0, 0.1) is 0 Å². The summed E-state index contributed by atoms with van der Waals surface area (Å²) in [6.45, 7) is -0.476. The molecular weight excluding hydrogens is 487 g/mol. The van der Waals surface area contributed by atoms with Gasteiger partial charge in [0.25, 0.3) is 5.91 Å². The van der Waals surface area contributed by atoms with E-state index >= 15 is 0 Å². The number of nitrogens with one attached hydrogen (secondary N) is 2. The molecule has 0 bridgehead atoms. The lowest BCUT2D eigenvalue weighted by atomic mass is 10.2. The van der Waals surface area contributed by atoms with Gasteiger partial charge in [-0.1, -0.05) is 23.2 Å². The van der Waals surface area contributed by atoms with Gasteiger partial charge in [0.15, 0.2) is 6.61 Å². The molecule has 2 N–H and O–H groups in total. The van der Waals surface area contributed by atoms with Crippen LogP contribution in [0.2, 0.25) is 10.0 Å². The third kappa shape index (κ3) is 7.56. The molecule has 0 aliphatic carbocycles. The Morgan fingerprint density at radius 3 is 2.45 bits per heavy atom. The van der Waals surface area contributed by atoms with E-state index in [0.717, 1.165) is 0 Å². The van der Waals surface area contributed by atoms with Crippen LogP contribution in [0.1, 0.15) is 12.8 Å². The molecule has 154 valence electrons. The van der Waals surface area contributed by atoms with E-state index in [1.807, 2.05) is 0 Å². The Labute approximate surface area is 185 Å². The van der Waals surface area contributed by atoms with Crippen molar-refractivity contribution in [1.82, 2.24) is 0 Å². The van der Waals surface area contributed by atoms with Gasteiger partial charge in [-0.2, -0.15) is 0 Å². The number of amides is 2. The molecule has 29 heavy (non-hydrogen) atoms. The number of halogens is 3. The molecule has 0 atom stereocenters. The van der Waals surface area contributed by atoms with Gasteiger partial charge in [0.1, 0.15) is 5.75 Å². The number of carbonyl (C=O) groups is 3. The van der Waals surface area contributed by atoms with E-state index in [4.69, 9.17) is 32.7 Å². The summed E-state index contributed by atoms with van der Waals surface area (Å²) < 4.78 is 10.7. The number of rotatable bonds is 8. The summed E-state index contributed by atoms with van der Waals surface area (Å²) >= 11 is 15.1. The molecule has 0 heterocycles. The van der Waals surface area contributed by atoms with Crippen molar-refractivity contribution in [2.75, 3.05) is 24.4 Å². The molecule has 0 aliphatic heterocycles. The maximum absolute atomic E-state index is 12.0. The highest BCUT2D eigenvalue weighted by Gasteiger charge is 2.13. The van der Waals surface area contributed by atoms with E-state index in [1.54, 1.807) is 30.3 Å². The fraction of sp³-hybridized carbons (Fsp3) is 0.211. The van der Waals surface area contributed by atoms with Crippen LogP contribution in [0.25, 0.3) is 0 Å². The van der Waals surface area contributed by atoms with E-state index in [2.05, 4.69) is 26.6 Å². The van der Waals surface area contributed by atoms with Crippen molar-refractivity contribution in [3.63, 3.8) is 0 Å². The van der Waals surface area contributed by atoms with Crippen molar-refractivity contribution in [1.29, 1.82) is 0 Å². The number of ether oxygens (including phenoxy) is 2. The van der Waals surface area contributed by atoms with Crippen molar-refractivity contribution >= 4 is 68.3 Å². The SMILES string of the molecule is COc1ccc(Cl)cc1NC(=O)CCC(=O)OCC(=O)Nc1ccc(Br)c(Cl)c1. The Bertz CT molecular complexity index is 923. The Hall–Kier alpha value is -2.29. The van der Waals surface area contributed by atoms with Gasteiger partial charge in [-0.25, -0.2) is 0 Å². The molecule has 2 aromatic rings. The first kappa shape index (κ1) is 23.0. The van der Waals surface area contributed by atoms with Crippen LogP contribution in [0.4, 0.5) is 11.4 Å². The number of hydrogen-bond donors (Lipinski definition) is 2. The lowest BCUT2D eigenvalue weighted by molar-refractivity contribution is -0.147. The van der Waals surface area contributed by atoms with Gasteiger partial charge >= 0.3 is 5.97 Å². The van der Waals surface area contributed by atoms with Gasteiger partial charge < -0.3 is 20.1 Å². The lowest BCUT2D eigenvalue weighted by Crippen LogP contribution is -2.21. The topological polar surface area (TPSA) is 93.7 Å². The van der Waals surface area contributed by atoms with Crippen molar-refractivity contribution in [2.24, 2.45) is 0 Å². The molecular formula is C19H17BrCl2N2O5. The van der Waals surface area contributed by atoms with Crippen LogP contribution >= 0.6 is 39.1 Å². The zero-order valence-corrected chi connectivity index (χ0v) is 18.4. The van der Waals surface area contributed by atoms with Gasteiger partial charge in [0.2, 0.25) is 5.91 Å². The Kier molecular flexibility index (Phi) is 8.75. The predicted molar refractivity (Wildman–Crippen MR) is 115 cm³/mol. The van der Waals surface area contributed by atoms with Crippen molar-refractivity contribution < 1.29 is 23.9 Å². The minimum absolute atomic E-state index is 0.127. The highest BCUT2D eigenvalue weighted by atomic mass is 79.9. The second-order valence-corrected chi connectivity index (χ2v) is 7.43. The van der Waals surface area contributed by atoms with Gasteiger partial charge in [0, 0.05) is 21.6 Å². The second kappa shape index (κ2) is 11.0. The van der Waals surface area contributed by atoms with Crippen LogP contribution in [-0.2, 0) is 19.1 Å². The van der Waals surface area contributed by atoms with Gasteiger partial charge in [-0.3, -0.25) is 14.4 Å². The van der Waals surface area contributed by atoms with Gasteiger partial charge in [-0.05, 0) is 52.3 Å². The summed E-state index contributed by atoms with van der Waals surface area (Å²) in [6, 6.07) is 9.65. The van der Waals surface area contributed by atoms with Crippen LogP contribution < -0.4 is 15.4 Å². The largest absolute Gasteiger partial charge is 0.495 e. The Morgan fingerprint density at radius 2 is 1.76 bits per heavy atom. The average molecular weight is 504 g/mol. The summed E-state index contributed by atoms with van der Waals surface area (Å²) in [5, 5.41) is 6.03. The summed E-state index contributed by atoms with van der Waals surface area (Å²) in [5.74, 6) is -1.18. The van der Waals surface area contributed by atoms with Crippen LogP contribution in [0.15, 0.2) is 40.9 Å². The molecule has 0 aromatic heterocycles. The maximum atomic E-state index is 12.0. The standard InChI is InChI=1S/C19H17BrCl2N2O5/c1-28-16-5-2-11(21)8-15(16)24-17(25)6-7-19(27)29-10-18(26)23-12-3-4-13(20)14(22)9-12/h2-5,8-9H,6-7,10H2,1H3,(H,23,26)(H,24,25). The summed E-state index contributed by atoms with van der Waals surface area (Å²) in [4.78, 5) is 35.6. The van der Waals surface area contributed by atoms with Crippen LogP contribution in [0.5, 0.6) is 5.75 Å². The lowest BCUT2D eigenvalue weighted by Gasteiger charge is -2.10. The molecule has 0 fully saturated rings. The molecule has 0 spiro atoms. The normalized spacial score (nSPS) is 10.2. The molecule has 2 rings (SSSR count). The highest BCUT2D eigenvalue weighted by Crippen LogP contribution is 2.28. The smallest absolute Gasteiger partial charge is 0.306 e. The minimum atomic E-state index is -0.679. The van der Waals surface area contributed by atoms with Gasteiger partial charge in [0.05, 0.1) is 24.2 Å². The number of benzene rings is 2.